The molecule has 0 aromatic carbocycles. The van der Waals surface area contributed by atoms with E-state index in [1.54, 1.807) is 10.6 Å². The predicted molar refractivity (Wildman–Crippen MR) is 46.6 cm³/mol. The second-order valence-corrected chi connectivity index (χ2v) is 2.39. The lowest BCUT2D eigenvalue weighted by Gasteiger charge is -2.01. The number of carbonyl (C=O) groups is 1. The Labute approximate surface area is 71.4 Å². The minimum atomic E-state index is -0.138. The van der Waals surface area contributed by atoms with Gasteiger partial charge in [0.15, 0.2) is 0 Å². The first kappa shape index (κ1) is 8.41. The van der Waals surface area contributed by atoms with Gasteiger partial charge in [0.25, 0.3) is 5.91 Å². The van der Waals surface area contributed by atoms with Crippen LogP contribution in [0.4, 0.5) is 0 Å². The monoisotopic (exact) mass is 162 g/mol. The van der Waals surface area contributed by atoms with Crippen LogP contribution in [0.15, 0.2) is 18.3 Å². The Hall–Kier alpha value is -1.69. The third-order valence-corrected chi connectivity index (χ3v) is 1.53. The standard InChI is InChI=1S/C9H10N2O/c1-3-6-10-9(12)8-5-4-7-11(8)2/h1,4-5,7H,6H2,2H3,(H,10,12). The van der Waals surface area contributed by atoms with Crippen molar-refractivity contribution in [3.63, 3.8) is 0 Å². The topological polar surface area (TPSA) is 34.0 Å². The van der Waals surface area contributed by atoms with Gasteiger partial charge in [-0.2, -0.15) is 0 Å². The fraction of sp³-hybridized carbons (Fsp3) is 0.222. The first-order valence-corrected chi connectivity index (χ1v) is 3.58. The van der Waals surface area contributed by atoms with Crippen LogP contribution in [0.2, 0.25) is 0 Å². The summed E-state index contributed by atoms with van der Waals surface area (Å²) < 4.78 is 1.74. The van der Waals surface area contributed by atoms with E-state index >= 15 is 0 Å². The molecule has 1 aromatic rings. The quantitative estimate of drug-likeness (QED) is 0.627. The van der Waals surface area contributed by atoms with Crippen LogP contribution in [0.3, 0.4) is 0 Å². The molecule has 1 aromatic heterocycles. The largest absolute Gasteiger partial charge is 0.347 e. The molecule has 1 N–H and O–H groups in total. The van der Waals surface area contributed by atoms with E-state index < -0.39 is 0 Å². The van der Waals surface area contributed by atoms with E-state index in [1.807, 2.05) is 19.3 Å². The number of aromatic nitrogens is 1. The fourth-order valence-corrected chi connectivity index (χ4v) is 0.919. The highest BCUT2D eigenvalue weighted by molar-refractivity contribution is 5.92. The zero-order valence-electron chi connectivity index (χ0n) is 6.87. The van der Waals surface area contributed by atoms with E-state index in [0.29, 0.717) is 5.69 Å². The number of rotatable bonds is 2. The van der Waals surface area contributed by atoms with Crippen LogP contribution in [0.1, 0.15) is 10.5 Å². The summed E-state index contributed by atoms with van der Waals surface area (Å²) in [6.45, 7) is 0.268. The van der Waals surface area contributed by atoms with Crippen molar-refractivity contribution in [2.24, 2.45) is 7.05 Å². The van der Waals surface area contributed by atoms with Crippen LogP contribution in [0.25, 0.3) is 0 Å². The number of nitrogens with zero attached hydrogens (tertiary/aromatic N) is 1. The molecule has 0 fully saturated rings. The summed E-state index contributed by atoms with van der Waals surface area (Å²) in [7, 11) is 1.81. The lowest BCUT2D eigenvalue weighted by Crippen LogP contribution is -2.25. The summed E-state index contributed by atoms with van der Waals surface area (Å²) in [5.74, 6) is 2.20. The van der Waals surface area contributed by atoms with Gasteiger partial charge < -0.3 is 9.88 Å². The van der Waals surface area contributed by atoms with Gasteiger partial charge in [-0.15, -0.1) is 6.42 Å². The summed E-state index contributed by atoms with van der Waals surface area (Å²) >= 11 is 0. The SMILES string of the molecule is C#CCNC(=O)c1cccn1C. The first-order valence-electron chi connectivity index (χ1n) is 3.58. The van der Waals surface area contributed by atoms with Crippen molar-refractivity contribution in [3.05, 3.63) is 24.0 Å². The molecule has 0 bridgehead atoms. The fourth-order valence-electron chi connectivity index (χ4n) is 0.919. The average Bonchev–Trinajstić information content (AvgIpc) is 2.47. The van der Waals surface area contributed by atoms with E-state index in [0.717, 1.165) is 0 Å². The molecule has 3 heteroatoms. The number of terminal acetylenes is 1. The molecule has 0 aliphatic rings. The van der Waals surface area contributed by atoms with E-state index in [1.165, 1.54) is 0 Å². The summed E-state index contributed by atoms with van der Waals surface area (Å²) in [6, 6.07) is 3.55. The molecule has 12 heavy (non-hydrogen) atoms. The van der Waals surface area contributed by atoms with Crippen molar-refractivity contribution >= 4 is 5.91 Å². The Balaban J connectivity index is 2.67. The molecule has 62 valence electrons. The maximum atomic E-state index is 11.3. The summed E-state index contributed by atoms with van der Waals surface area (Å²) in [4.78, 5) is 11.3. The van der Waals surface area contributed by atoms with Gasteiger partial charge in [-0.05, 0) is 12.1 Å². The van der Waals surface area contributed by atoms with E-state index in [4.69, 9.17) is 6.42 Å². The van der Waals surface area contributed by atoms with Gasteiger partial charge >= 0.3 is 0 Å². The van der Waals surface area contributed by atoms with Crippen molar-refractivity contribution in [2.75, 3.05) is 6.54 Å². The van der Waals surface area contributed by atoms with Crippen LogP contribution >= 0.6 is 0 Å². The average molecular weight is 162 g/mol. The first-order chi connectivity index (χ1) is 5.75. The van der Waals surface area contributed by atoms with Crippen molar-refractivity contribution in [1.82, 2.24) is 9.88 Å². The molecule has 1 rings (SSSR count). The molecule has 0 atom stereocenters. The normalized spacial score (nSPS) is 9.00. The van der Waals surface area contributed by atoms with Crippen molar-refractivity contribution in [2.45, 2.75) is 0 Å². The van der Waals surface area contributed by atoms with Crippen LogP contribution in [-0.4, -0.2) is 17.0 Å². The lowest BCUT2D eigenvalue weighted by molar-refractivity contribution is 0.0950. The maximum absolute atomic E-state index is 11.3. The molecule has 0 radical (unpaired) electrons. The summed E-state index contributed by atoms with van der Waals surface area (Å²) in [6.07, 6.45) is 6.81. The molecule has 1 heterocycles. The highest BCUT2D eigenvalue weighted by Crippen LogP contribution is 1.97. The summed E-state index contributed by atoms with van der Waals surface area (Å²) in [5.41, 5.74) is 0.616. The van der Waals surface area contributed by atoms with Gasteiger partial charge in [-0.25, -0.2) is 0 Å². The third-order valence-electron chi connectivity index (χ3n) is 1.53. The summed E-state index contributed by atoms with van der Waals surface area (Å²) in [5, 5.41) is 2.58. The third kappa shape index (κ3) is 1.67. The van der Waals surface area contributed by atoms with Crippen LogP contribution in [-0.2, 0) is 7.05 Å². The van der Waals surface area contributed by atoms with Crippen molar-refractivity contribution in [1.29, 1.82) is 0 Å². The number of nitrogens with one attached hydrogen (secondary N) is 1. The molecule has 1 amide bonds. The van der Waals surface area contributed by atoms with E-state index in [2.05, 4.69) is 11.2 Å². The van der Waals surface area contributed by atoms with Gasteiger partial charge in [0.1, 0.15) is 5.69 Å². The molecular formula is C9H10N2O. The molecule has 0 unspecified atom stereocenters. The van der Waals surface area contributed by atoms with Gasteiger partial charge in [0.2, 0.25) is 0 Å². The number of hydrogen-bond donors (Lipinski definition) is 1. The lowest BCUT2D eigenvalue weighted by atomic mass is 10.4. The second kappa shape index (κ2) is 3.63. The molecule has 0 aliphatic heterocycles. The Kier molecular flexibility index (Phi) is 2.54. The minimum absolute atomic E-state index is 0.138. The van der Waals surface area contributed by atoms with Crippen molar-refractivity contribution in [3.8, 4) is 12.3 Å². The number of aryl methyl sites for hydroxylation is 1. The molecule has 0 spiro atoms. The molecule has 0 saturated heterocycles. The highest BCUT2D eigenvalue weighted by atomic mass is 16.1. The van der Waals surface area contributed by atoms with Gasteiger partial charge in [-0.3, -0.25) is 4.79 Å². The number of amides is 1. The maximum Gasteiger partial charge on any atom is 0.268 e. The molecule has 3 nitrogen and oxygen atoms in total. The minimum Gasteiger partial charge on any atom is -0.347 e. The predicted octanol–water partition coefficient (Wildman–Crippen LogP) is 0.388. The van der Waals surface area contributed by atoms with Crippen LogP contribution in [0, 0.1) is 12.3 Å². The number of carbonyl (C=O) groups excluding carboxylic acids is 1. The highest BCUT2D eigenvalue weighted by Gasteiger charge is 2.05. The smallest absolute Gasteiger partial charge is 0.268 e. The Bertz CT molecular complexity index is 320. The zero-order valence-corrected chi connectivity index (χ0v) is 6.87. The van der Waals surface area contributed by atoms with Gasteiger partial charge in [0, 0.05) is 13.2 Å². The van der Waals surface area contributed by atoms with Gasteiger partial charge in [0.05, 0.1) is 6.54 Å². The van der Waals surface area contributed by atoms with Crippen LogP contribution < -0.4 is 5.32 Å². The molecule has 0 aliphatic carbocycles. The Morgan fingerprint density at radius 2 is 2.58 bits per heavy atom. The Morgan fingerprint density at radius 1 is 1.83 bits per heavy atom. The van der Waals surface area contributed by atoms with Crippen LogP contribution in [0.5, 0.6) is 0 Å². The number of hydrogen-bond acceptors (Lipinski definition) is 1. The molecular weight excluding hydrogens is 152 g/mol. The Morgan fingerprint density at radius 3 is 3.08 bits per heavy atom. The zero-order chi connectivity index (χ0) is 8.97. The molecule has 0 saturated carbocycles. The van der Waals surface area contributed by atoms with E-state index in [-0.39, 0.29) is 12.5 Å². The van der Waals surface area contributed by atoms with Crippen molar-refractivity contribution < 1.29 is 4.79 Å². The van der Waals surface area contributed by atoms with Gasteiger partial charge in [-0.1, -0.05) is 5.92 Å². The van der Waals surface area contributed by atoms with E-state index in [9.17, 15) is 4.79 Å². The second-order valence-electron chi connectivity index (χ2n) is 2.39.